The van der Waals surface area contributed by atoms with E-state index in [-0.39, 0.29) is 11.8 Å². The molecule has 0 heterocycles. The van der Waals surface area contributed by atoms with Crippen LogP contribution >= 0.6 is 11.6 Å². The third-order valence-corrected chi connectivity index (χ3v) is 3.34. The van der Waals surface area contributed by atoms with Crippen molar-refractivity contribution in [2.45, 2.75) is 13.8 Å². The quantitative estimate of drug-likeness (QED) is 0.904. The summed E-state index contributed by atoms with van der Waals surface area (Å²) in [6.45, 7) is 3.27. The van der Waals surface area contributed by atoms with Crippen molar-refractivity contribution in [2.75, 3.05) is 10.6 Å². The average molecular weight is 303 g/mol. The highest BCUT2D eigenvalue weighted by molar-refractivity contribution is 6.34. The highest BCUT2D eigenvalue weighted by Gasteiger charge is 2.12. The fourth-order valence-electron chi connectivity index (χ4n) is 1.93. The molecule has 0 radical (unpaired) electrons. The summed E-state index contributed by atoms with van der Waals surface area (Å²) in [5.41, 5.74) is 2.49. The van der Waals surface area contributed by atoms with Crippen LogP contribution in [0.2, 0.25) is 5.02 Å². The Kier molecular flexibility index (Phi) is 4.60. The topological polar surface area (TPSA) is 58.2 Å². The molecule has 0 aliphatic rings. The van der Waals surface area contributed by atoms with E-state index in [0.29, 0.717) is 22.0 Å². The van der Waals surface area contributed by atoms with Gasteiger partial charge in [-0.15, -0.1) is 0 Å². The molecule has 108 valence electrons. The zero-order valence-electron chi connectivity index (χ0n) is 11.7. The minimum atomic E-state index is -0.288. The van der Waals surface area contributed by atoms with Crippen LogP contribution in [0.1, 0.15) is 22.8 Å². The Bertz CT molecular complexity index is 698. The number of carbonyl (C=O) groups excluding carboxylic acids is 2. The van der Waals surface area contributed by atoms with Crippen LogP contribution in [0.4, 0.5) is 11.4 Å². The van der Waals surface area contributed by atoms with Crippen molar-refractivity contribution in [1.29, 1.82) is 0 Å². The fraction of sp³-hybridized carbons (Fsp3) is 0.125. The normalized spacial score (nSPS) is 10.0. The molecule has 0 spiro atoms. The van der Waals surface area contributed by atoms with E-state index < -0.39 is 0 Å². The molecular weight excluding hydrogens is 288 g/mol. The maximum absolute atomic E-state index is 12.2. The van der Waals surface area contributed by atoms with E-state index in [1.54, 1.807) is 42.5 Å². The third-order valence-electron chi connectivity index (χ3n) is 3.01. The van der Waals surface area contributed by atoms with Gasteiger partial charge in [0, 0.05) is 18.3 Å². The lowest BCUT2D eigenvalue weighted by molar-refractivity contribution is -0.114. The van der Waals surface area contributed by atoms with Gasteiger partial charge in [-0.25, -0.2) is 0 Å². The molecule has 2 aromatic carbocycles. The molecule has 0 saturated heterocycles. The number of halogens is 1. The van der Waals surface area contributed by atoms with Gasteiger partial charge in [-0.3, -0.25) is 9.59 Å². The number of hydrogen-bond donors (Lipinski definition) is 2. The first kappa shape index (κ1) is 15.1. The summed E-state index contributed by atoms with van der Waals surface area (Å²) in [6, 6.07) is 12.2. The maximum Gasteiger partial charge on any atom is 0.257 e. The Hall–Kier alpha value is -2.33. The van der Waals surface area contributed by atoms with Gasteiger partial charge in [-0.05, 0) is 36.8 Å². The molecule has 0 saturated carbocycles. The van der Waals surface area contributed by atoms with E-state index in [0.717, 1.165) is 5.56 Å². The van der Waals surface area contributed by atoms with Gasteiger partial charge in [0.25, 0.3) is 5.91 Å². The van der Waals surface area contributed by atoms with Crippen molar-refractivity contribution < 1.29 is 9.59 Å². The molecular formula is C16H15ClN2O2. The van der Waals surface area contributed by atoms with Crippen LogP contribution in [0.3, 0.4) is 0 Å². The number of benzene rings is 2. The van der Waals surface area contributed by atoms with Crippen LogP contribution in [0.5, 0.6) is 0 Å². The van der Waals surface area contributed by atoms with E-state index in [4.69, 9.17) is 11.6 Å². The van der Waals surface area contributed by atoms with Gasteiger partial charge in [0.05, 0.1) is 10.6 Å². The fourth-order valence-corrected chi connectivity index (χ4v) is 2.15. The standard InChI is InChI=1S/C16H15ClN2O2/c1-10-14(18-11(2)20)8-5-9-15(10)19-16(21)12-6-3-4-7-13(12)17/h3-9H,1-2H3,(H,18,20)(H,19,21). The van der Waals surface area contributed by atoms with Crippen molar-refractivity contribution in [3.05, 3.63) is 58.6 Å². The molecule has 21 heavy (non-hydrogen) atoms. The average Bonchev–Trinajstić information content (AvgIpc) is 2.43. The predicted octanol–water partition coefficient (Wildman–Crippen LogP) is 3.86. The van der Waals surface area contributed by atoms with Crippen molar-refractivity contribution in [3.63, 3.8) is 0 Å². The maximum atomic E-state index is 12.2. The molecule has 0 aromatic heterocycles. The Labute approximate surface area is 128 Å². The first-order valence-electron chi connectivity index (χ1n) is 6.42. The molecule has 2 N–H and O–H groups in total. The zero-order chi connectivity index (χ0) is 15.4. The van der Waals surface area contributed by atoms with Gasteiger partial charge in [-0.2, -0.15) is 0 Å². The monoisotopic (exact) mass is 302 g/mol. The van der Waals surface area contributed by atoms with Crippen LogP contribution in [0.25, 0.3) is 0 Å². The number of hydrogen-bond acceptors (Lipinski definition) is 2. The largest absolute Gasteiger partial charge is 0.326 e. The van der Waals surface area contributed by atoms with Gasteiger partial charge >= 0.3 is 0 Å². The molecule has 2 aromatic rings. The van der Waals surface area contributed by atoms with Crippen LogP contribution in [0.15, 0.2) is 42.5 Å². The van der Waals surface area contributed by atoms with Crippen LogP contribution < -0.4 is 10.6 Å². The van der Waals surface area contributed by atoms with Gasteiger partial charge in [0.2, 0.25) is 5.91 Å². The summed E-state index contributed by atoms with van der Waals surface area (Å²) in [7, 11) is 0. The highest BCUT2D eigenvalue weighted by Crippen LogP contribution is 2.24. The number of amides is 2. The molecule has 4 nitrogen and oxygen atoms in total. The summed E-state index contributed by atoms with van der Waals surface area (Å²) in [5, 5.41) is 5.92. The van der Waals surface area contributed by atoms with Crippen molar-refractivity contribution in [3.8, 4) is 0 Å². The highest BCUT2D eigenvalue weighted by atomic mass is 35.5. The molecule has 2 amide bonds. The number of rotatable bonds is 3. The van der Waals surface area contributed by atoms with E-state index in [1.165, 1.54) is 6.92 Å². The molecule has 0 aliphatic heterocycles. The van der Waals surface area contributed by atoms with Crippen molar-refractivity contribution >= 4 is 34.8 Å². The van der Waals surface area contributed by atoms with Crippen molar-refractivity contribution in [1.82, 2.24) is 0 Å². The number of carbonyl (C=O) groups is 2. The molecule has 0 atom stereocenters. The van der Waals surface area contributed by atoms with E-state index in [2.05, 4.69) is 10.6 Å². The lowest BCUT2D eigenvalue weighted by atomic mass is 10.1. The van der Waals surface area contributed by atoms with Crippen molar-refractivity contribution in [2.24, 2.45) is 0 Å². The summed E-state index contributed by atoms with van der Waals surface area (Å²) < 4.78 is 0. The van der Waals surface area contributed by atoms with Crippen LogP contribution in [-0.2, 0) is 4.79 Å². The minimum Gasteiger partial charge on any atom is -0.326 e. The SMILES string of the molecule is CC(=O)Nc1cccc(NC(=O)c2ccccc2Cl)c1C. The van der Waals surface area contributed by atoms with E-state index in [1.807, 2.05) is 6.92 Å². The van der Waals surface area contributed by atoms with Gasteiger partial charge in [0.15, 0.2) is 0 Å². The first-order valence-corrected chi connectivity index (χ1v) is 6.80. The Morgan fingerprint density at radius 1 is 0.952 bits per heavy atom. The summed E-state index contributed by atoms with van der Waals surface area (Å²) in [6.07, 6.45) is 0. The van der Waals surface area contributed by atoms with Crippen LogP contribution in [-0.4, -0.2) is 11.8 Å². The third kappa shape index (κ3) is 3.61. The Morgan fingerprint density at radius 2 is 1.57 bits per heavy atom. The number of anilines is 2. The Balaban J connectivity index is 2.26. The molecule has 0 bridgehead atoms. The second kappa shape index (κ2) is 6.41. The summed E-state index contributed by atoms with van der Waals surface area (Å²) in [5.74, 6) is -0.448. The van der Waals surface area contributed by atoms with Gasteiger partial charge < -0.3 is 10.6 Å². The van der Waals surface area contributed by atoms with E-state index >= 15 is 0 Å². The molecule has 0 fully saturated rings. The lowest BCUT2D eigenvalue weighted by Crippen LogP contribution is -2.14. The summed E-state index contributed by atoms with van der Waals surface area (Å²) in [4.78, 5) is 23.4. The lowest BCUT2D eigenvalue weighted by Gasteiger charge is -2.13. The summed E-state index contributed by atoms with van der Waals surface area (Å²) >= 11 is 6.01. The molecule has 0 unspecified atom stereocenters. The number of nitrogens with one attached hydrogen (secondary N) is 2. The predicted molar refractivity (Wildman–Crippen MR) is 84.9 cm³/mol. The first-order chi connectivity index (χ1) is 9.99. The van der Waals surface area contributed by atoms with Gasteiger partial charge in [-0.1, -0.05) is 29.8 Å². The zero-order valence-corrected chi connectivity index (χ0v) is 12.5. The minimum absolute atomic E-state index is 0.160. The van der Waals surface area contributed by atoms with Gasteiger partial charge in [0.1, 0.15) is 0 Å². The Morgan fingerprint density at radius 3 is 2.19 bits per heavy atom. The second-order valence-corrected chi connectivity index (χ2v) is 5.00. The smallest absolute Gasteiger partial charge is 0.257 e. The van der Waals surface area contributed by atoms with Crippen LogP contribution in [0, 0.1) is 6.92 Å². The van der Waals surface area contributed by atoms with E-state index in [9.17, 15) is 9.59 Å². The molecule has 0 aliphatic carbocycles. The molecule has 2 rings (SSSR count). The second-order valence-electron chi connectivity index (χ2n) is 4.59. The molecule has 5 heteroatoms.